The molecule has 0 bridgehead atoms. The van der Waals surface area contributed by atoms with Gasteiger partial charge in [-0.25, -0.2) is 4.98 Å². The lowest BCUT2D eigenvalue weighted by Gasteiger charge is -2.18. The Morgan fingerprint density at radius 2 is 1.86 bits per heavy atom. The fourth-order valence-corrected chi connectivity index (χ4v) is 4.74. The number of aromatic nitrogens is 1. The molecular formula is C22H23N3O2S. The van der Waals surface area contributed by atoms with Gasteiger partial charge in [0, 0.05) is 24.3 Å². The molecule has 1 aromatic heterocycles. The molecular weight excluding hydrogens is 370 g/mol. The number of rotatable bonds is 3. The number of hydrogen-bond donors (Lipinski definition) is 1. The summed E-state index contributed by atoms with van der Waals surface area (Å²) in [6.07, 6.45) is 0.226. The number of aryl methyl sites for hydroxylation is 4. The van der Waals surface area contributed by atoms with E-state index in [0.717, 1.165) is 37.7 Å². The Labute approximate surface area is 168 Å². The Morgan fingerprint density at radius 3 is 2.57 bits per heavy atom. The van der Waals surface area contributed by atoms with Gasteiger partial charge in [0.05, 0.1) is 21.1 Å². The summed E-state index contributed by atoms with van der Waals surface area (Å²) in [5.41, 5.74) is 5.80. The van der Waals surface area contributed by atoms with Gasteiger partial charge in [0.25, 0.3) is 0 Å². The van der Waals surface area contributed by atoms with E-state index in [9.17, 15) is 9.59 Å². The molecule has 1 saturated heterocycles. The van der Waals surface area contributed by atoms with E-state index >= 15 is 0 Å². The van der Waals surface area contributed by atoms with Crippen molar-refractivity contribution in [3.8, 4) is 0 Å². The van der Waals surface area contributed by atoms with Gasteiger partial charge in [0.15, 0.2) is 0 Å². The standard InChI is InChI=1S/C22H23N3O2S/c1-12-7-13(2)21(14(3)8-12)24-22(27)16-9-20(26)25(11-16)17-5-6-19-18(10-17)23-15(4)28-19/h5-8,10,16H,9,11H2,1-4H3,(H,24,27). The third-order valence-corrected chi connectivity index (χ3v) is 6.16. The van der Waals surface area contributed by atoms with E-state index in [2.05, 4.69) is 22.4 Å². The monoisotopic (exact) mass is 393 g/mol. The summed E-state index contributed by atoms with van der Waals surface area (Å²) in [4.78, 5) is 31.6. The SMILES string of the molecule is Cc1cc(C)c(NC(=O)C2CC(=O)N(c3ccc4sc(C)nc4c3)C2)c(C)c1. The molecule has 0 spiro atoms. The fourth-order valence-electron chi connectivity index (χ4n) is 3.93. The summed E-state index contributed by atoms with van der Waals surface area (Å²) in [7, 11) is 0. The number of amides is 2. The van der Waals surface area contributed by atoms with Gasteiger partial charge < -0.3 is 10.2 Å². The molecule has 2 heterocycles. The van der Waals surface area contributed by atoms with E-state index in [0.29, 0.717) is 6.54 Å². The van der Waals surface area contributed by atoms with Crippen molar-refractivity contribution in [2.75, 3.05) is 16.8 Å². The normalized spacial score (nSPS) is 16.8. The van der Waals surface area contributed by atoms with Crippen molar-refractivity contribution in [2.45, 2.75) is 34.1 Å². The number of carbonyl (C=O) groups excluding carboxylic acids is 2. The van der Waals surface area contributed by atoms with Crippen LogP contribution in [0.25, 0.3) is 10.2 Å². The molecule has 1 aliphatic rings. The second kappa shape index (κ2) is 7.02. The summed E-state index contributed by atoms with van der Waals surface area (Å²) in [5.74, 6) is -0.485. The van der Waals surface area contributed by atoms with Crippen LogP contribution in [0.1, 0.15) is 28.1 Å². The molecule has 1 fully saturated rings. The minimum absolute atomic E-state index is 0.0243. The van der Waals surface area contributed by atoms with Crippen molar-refractivity contribution in [3.63, 3.8) is 0 Å². The third-order valence-electron chi connectivity index (χ3n) is 5.21. The fraction of sp³-hybridized carbons (Fsp3) is 0.318. The van der Waals surface area contributed by atoms with E-state index < -0.39 is 0 Å². The third kappa shape index (κ3) is 3.40. The predicted octanol–water partition coefficient (Wildman–Crippen LogP) is 4.52. The second-order valence-electron chi connectivity index (χ2n) is 7.55. The van der Waals surface area contributed by atoms with E-state index in [1.165, 1.54) is 5.56 Å². The summed E-state index contributed by atoms with van der Waals surface area (Å²) < 4.78 is 1.10. The van der Waals surface area contributed by atoms with E-state index in [1.807, 2.05) is 45.9 Å². The Kier molecular flexibility index (Phi) is 4.67. The average Bonchev–Trinajstić information content (AvgIpc) is 3.18. The number of fused-ring (bicyclic) bond motifs is 1. The molecule has 1 aliphatic heterocycles. The van der Waals surface area contributed by atoms with Gasteiger partial charge in [0.1, 0.15) is 0 Å². The van der Waals surface area contributed by atoms with Crippen molar-refractivity contribution >= 4 is 44.7 Å². The highest BCUT2D eigenvalue weighted by atomic mass is 32.1. The first-order chi connectivity index (χ1) is 13.3. The number of nitrogens with zero attached hydrogens (tertiary/aromatic N) is 2. The summed E-state index contributed by atoms with van der Waals surface area (Å²) in [6, 6.07) is 9.98. The molecule has 28 heavy (non-hydrogen) atoms. The van der Waals surface area contributed by atoms with Gasteiger partial charge in [-0.2, -0.15) is 0 Å². The zero-order valence-electron chi connectivity index (χ0n) is 16.5. The quantitative estimate of drug-likeness (QED) is 0.711. The topological polar surface area (TPSA) is 62.3 Å². The summed E-state index contributed by atoms with van der Waals surface area (Å²) in [5, 5.41) is 4.05. The Balaban J connectivity index is 1.53. The molecule has 0 aliphatic carbocycles. The van der Waals surface area contributed by atoms with Crippen molar-refractivity contribution in [1.82, 2.24) is 4.98 Å². The number of anilines is 2. The van der Waals surface area contributed by atoms with Gasteiger partial charge in [0.2, 0.25) is 11.8 Å². The van der Waals surface area contributed by atoms with Crippen LogP contribution >= 0.6 is 11.3 Å². The van der Waals surface area contributed by atoms with Crippen molar-refractivity contribution in [2.24, 2.45) is 5.92 Å². The molecule has 2 amide bonds. The molecule has 3 aromatic rings. The molecule has 0 saturated carbocycles. The average molecular weight is 394 g/mol. The maximum absolute atomic E-state index is 12.8. The predicted molar refractivity (Wildman–Crippen MR) is 114 cm³/mol. The van der Waals surface area contributed by atoms with Gasteiger partial charge in [-0.1, -0.05) is 17.7 Å². The van der Waals surface area contributed by atoms with Crippen LogP contribution in [0.5, 0.6) is 0 Å². The van der Waals surface area contributed by atoms with Crippen LogP contribution in [0.3, 0.4) is 0 Å². The smallest absolute Gasteiger partial charge is 0.229 e. The highest BCUT2D eigenvalue weighted by Gasteiger charge is 2.35. The summed E-state index contributed by atoms with van der Waals surface area (Å²) >= 11 is 1.64. The molecule has 1 unspecified atom stereocenters. The molecule has 1 atom stereocenters. The van der Waals surface area contributed by atoms with Crippen molar-refractivity contribution < 1.29 is 9.59 Å². The number of carbonyl (C=O) groups is 2. The lowest BCUT2D eigenvalue weighted by molar-refractivity contribution is -0.122. The maximum atomic E-state index is 12.8. The minimum Gasteiger partial charge on any atom is -0.325 e. The van der Waals surface area contributed by atoms with Crippen LogP contribution in [0.4, 0.5) is 11.4 Å². The van der Waals surface area contributed by atoms with Crippen LogP contribution < -0.4 is 10.2 Å². The number of benzene rings is 2. The summed E-state index contributed by atoms with van der Waals surface area (Å²) in [6.45, 7) is 8.39. The van der Waals surface area contributed by atoms with Crippen molar-refractivity contribution in [1.29, 1.82) is 0 Å². The first kappa shape index (κ1) is 18.6. The van der Waals surface area contributed by atoms with Crippen molar-refractivity contribution in [3.05, 3.63) is 52.0 Å². The number of thiazole rings is 1. The number of nitrogens with one attached hydrogen (secondary N) is 1. The van der Waals surface area contributed by atoms with Crippen LogP contribution in [0.2, 0.25) is 0 Å². The van der Waals surface area contributed by atoms with Crippen LogP contribution in [0, 0.1) is 33.6 Å². The first-order valence-corrected chi connectivity index (χ1v) is 10.2. The second-order valence-corrected chi connectivity index (χ2v) is 8.79. The van der Waals surface area contributed by atoms with Gasteiger partial charge >= 0.3 is 0 Å². The molecule has 144 valence electrons. The van der Waals surface area contributed by atoms with Gasteiger partial charge in [-0.05, 0) is 57.0 Å². The Morgan fingerprint density at radius 1 is 1.14 bits per heavy atom. The van der Waals surface area contributed by atoms with E-state index in [1.54, 1.807) is 16.2 Å². The van der Waals surface area contributed by atoms with Gasteiger partial charge in [-0.3, -0.25) is 9.59 Å². The first-order valence-electron chi connectivity index (χ1n) is 9.38. The van der Waals surface area contributed by atoms with E-state index in [4.69, 9.17) is 0 Å². The maximum Gasteiger partial charge on any atom is 0.229 e. The number of hydrogen-bond acceptors (Lipinski definition) is 4. The zero-order valence-corrected chi connectivity index (χ0v) is 17.3. The lowest BCUT2D eigenvalue weighted by atomic mass is 10.0. The van der Waals surface area contributed by atoms with Crippen LogP contribution in [0.15, 0.2) is 30.3 Å². The zero-order chi connectivity index (χ0) is 20.0. The lowest BCUT2D eigenvalue weighted by Crippen LogP contribution is -2.28. The largest absolute Gasteiger partial charge is 0.325 e. The van der Waals surface area contributed by atoms with E-state index in [-0.39, 0.29) is 24.2 Å². The minimum atomic E-state index is -0.361. The van der Waals surface area contributed by atoms with Crippen LogP contribution in [-0.2, 0) is 9.59 Å². The van der Waals surface area contributed by atoms with Gasteiger partial charge in [-0.15, -0.1) is 11.3 Å². The molecule has 6 heteroatoms. The molecule has 5 nitrogen and oxygen atoms in total. The Bertz CT molecular complexity index is 1080. The highest BCUT2D eigenvalue weighted by Crippen LogP contribution is 2.31. The molecule has 4 rings (SSSR count). The molecule has 2 aromatic carbocycles. The molecule has 0 radical (unpaired) electrons. The Hall–Kier alpha value is -2.73. The molecule has 1 N–H and O–H groups in total. The highest BCUT2D eigenvalue weighted by molar-refractivity contribution is 7.18. The van der Waals surface area contributed by atoms with Crippen LogP contribution in [-0.4, -0.2) is 23.3 Å².